The molecule has 3 rings (SSSR count). The zero-order valence-electron chi connectivity index (χ0n) is 10.8. The van der Waals surface area contributed by atoms with Crippen LogP contribution in [0.2, 0.25) is 0 Å². The van der Waals surface area contributed by atoms with E-state index in [0.29, 0.717) is 5.69 Å². The molecule has 0 radical (unpaired) electrons. The van der Waals surface area contributed by atoms with E-state index in [-0.39, 0.29) is 24.4 Å². The summed E-state index contributed by atoms with van der Waals surface area (Å²) in [6.45, 7) is 1.45. The molecule has 1 fully saturated rings. The van der Waals surface area contributed by atoms with Gasteiger partial charge in [-0.3, -0.25) is 0 Å². The van der Waals surface area contributed by atoms with Gasteiger partial charge in [-0.25, -0.2) is 13.9 Å². The predicted molar refractivity (Wildman–Crippen MR) is 67.3 cm³/mol. The summed E-state index contributed by atoms with van der Waals surface area (Å²) in [5.74, 6) is -0.562. The quantitative estimate of drug-likeness (QED) is 0.717. The summed E-state index contributed by atoms with van der Waals surface area (Å²) in [5.41, 5.74) is 5.17. The van der Waals surface area contributed by atoms with Gasteiger partial charge in [0.1, 0.15) is 17.9 Å². The number of halogens is 1. The molecule has 3 heterocycles. The molecule has 0 bridgehead atoms. The first kappa shape index (κ1) is 13.2. The number of hydrogen-bond acceptors (Lipinski definition) is 6. The van der Waals surface area contributed by atoms with Gasteiger partial charge in [-0.1, -0.05) is 0 Å². The van der Waals surface area contributed by atoms with E-state index >= 15 is 0 Å². The van der Waals surface area contributed by atoms with E-state index in [4.69, 9.17) is 10.5 Å². The van der Waals surface area contributed by atoms with Gasteiger partial charge in [0.2, 0.25) is 0 Å². The first-order valence-electron chi connectivity index (χ1n) is 6.19. The summed E-state index contributed by atoms with van der Waals surface area (Å²) in [5, 5.41) is 23.4. The Morgan fingerprint density at radius 3 is 3.05 bits per heavy atom. The lowest BCUT2D eigenvalue weighted by Crippen LogP contribution is -2.28. The number of aliphatic hydroxyl groups is 2. The third-order valence-electron chi connectivity index (χ3n) is 3.59. The smallest absolute Gasteiger partial charge is 0.154 e. The van der Waals surface area contributed by atoms with Crippen molar-refractivity contribution in [2.75, 3.05) is 12.3 Å². The Morgan fingerprint density at radius 1 is 1.65 bits per heavy atom. The molecule has 108 valence electrons. The van der Waals surface area contributed by atoms with E-state index in [0.717, 1.165) is 0 Å². The van der Waals surface area contributed by atoms with Crippen molar-refractivity contribution in [1.82, 2.24) is 14.6 Å². The Morgan fingerprint density at radius 2 is 2.40 bits per heavy atom. The highest BCUT2D eigenvalue weighted by molar-refractivity contribution is 5.66. The molecule has 2 aromatic heterocycles. The van der Waals surface area contributed by atoms with Gasteiger partial charge in [-0.05, 0) is 6.92 Å². The van der Waals surface area contributed by atoms with Crippen molar-refractivity contribution in [1.29, 1.82) is 0 Å². The van der Waals surface area contributed by atoms with Crippen molar-refractivity contribution >= 4 is 11.3 Å². The average molecular weight is 282 g/mol. The molecule has 0 aromatic carbocycles. The molecule has 1 aliphatic rings. The third-order valence-corrected chi connectivity index (χ3v) is 3.59. The minimum absolute atomic E-state index is 0.0150. The summed E-state index contributed by atoms with van der Waals surface area (Å²) in [4.78, 5) is 3.73. The number of nitrogens with two attached hydrogens (primary N) is 1. The molecule has 1 saturated heterocycles. The standard InChI is InChI=1S/C12H15FN4O3/c1-12(4-18)3-8(19)10(20-12)7-2-6(13)9-11(14)15-5-16-17(7)9/h2,5,8,10,18-19H,3-4H2,1H3,(H2,14,15,16). The van der Waals surface area contributed by atoms with Crippen molar-refractivity contribution < 1.29 is 19.3 Å². The number of nitrogens with zero attached hydrogens (tertiary/aromatic N) is 3. The lowest BCUT2D eigenvalue weighted by Gasteiger charge is -2.21. The van der Waals surface area contributed by atoms with Crippen LogP contribution in [-0.4, -0.2) is 43.1 Å². The van der Waals surface area contributed by atoms with Gasteiger partial charge in [-0.2, -0.15) is 5.10 Å². The fraction of sp³-hybridized carbons (Fsp3) is 0.500. The summed E-state index contributed by atoms with van der Waals surface area (Å²) < 4.78 is 20.9. The number of aliphatic hydroxyl groups excluding tert-OH is 2. The van der Waals surface area contributed by atoms with Crippen LogP contribution in [0.4, 0.5) is 10.2 Å². The highest BCUT2D eigenvalue weighted by Crippen LogP contribution is 2.40. The average Bonchev–Trinajstić information content (AvgIpc) is 2.89. The third kappa shape index (κ3) is 1.84. The van der Waals surface area contributed by atoms with Crippen LogP contribution in [0.3, 0.4) is 0 Å². The Balaban J connectivity index is 2.10. The van der Waals surface area contributed by atoms with Crippen LogP contribution in [0.25, 0.3) is 5.52 Å². The fourth-order valence-electron chi connectivity index (χ4n) is 2.59. The van der Waals surface area contributed by atoms with Crippen molar-refractivity contribution in [3.63, 3.8) is 0 Å². The van der Waals surface area contributed by atoms with Crippen LogP contribution in [-0.2, 0) is 4.74 Å². The maximum absolute atomic E-state index is 14.0. The molecule has 0 saturated carbocycles. The van der Waals surface area contributed by atoms with Crippen molar-refractivity contribution in [2.45, 2.75) is 31.2 Å². The zero-order chi connectivity index (χ0) is 14.5. The first-order valence-corrected chi connectivity index (χ1v) is 6.19. The molecule has 7 nitrogen and oxygen atoms in total. The van der Waals surface area contributed by atoms with Gasteiger partial charge >= 0.3 is 0 Å². The Hall–Kier alpha value is -1.77. The minimum atomic E-state index is -0.860. The molecule has 8 heteroatoms. The molecule has 4 N–H and O–H groups in total. The molecular weight excluding hydrogens is 267 g/mol. The number of fused-ring (bicyclic) bond motifs is 1. The van der Waals surface area contributed by atoms with Crippen LogP contribution in [0, 0.1) is 5.82 Å². The molecular formula is C12H15FN4O3. The lowest BCUT2D eigenvalue weighted by molar-refractivity contribution is -0.0719. The number of ether oxygens (including phenoxy) is 1. The normalized spacial score (nSPS) is 30.2. The largest absolute Gasteiger partial charge is 0.393 e. The van der Waals surface area contributed by atoms with Gasteiger partial charge in [0.15, 0.2) is 11.6 Å². The van der Waals surface area contributed by atoms with Crippen molar-refractivity contribution in [2.24, 2.45) is 0 Å². The van der Waals surface area contributed by atoms with Crippen LogP contribution >= 0.6 is 0 Å². The molecule has 20 heavy (non-hydrogen) atoms. The molecule has 3 unspecified atom stereocenters. The predicted octanol–water partition coefficient (Wildman–Crippen LogP) is 0.0239. The van der Waals surface area contributed by atoms with Crippen LogP contribution in [0.15, 0.2) is 12.4 Å². The van der Waals surface area contributed by atoms with Gasteiger partial charge < -0.3 is 20.7 Å². The SMILES string of the molecule is CC1(CO)CC(O)C(c2cc(F)c3c(N)ncnn23)O1. The maximum atomic E-state index is 14.0. The van der Waals surface area contributed by atoms with E-state index in [1.54, 1.807) is 6.92 Å². The molecule has 0 amide bonds. The highest BCUT2D eigenvalue weighted by atomic mass is 19.1. The van der Waals surface area contributed by atoms with Gasteiger partial charge in [0.25, 0.3) is 0 Å². The van der Waals surface area contributed by atoms with E-state index in [1.807, 2.05) is 0 Å². The second-order valence-corrected chi connectivity index (χ2v) is 5.24. The number of rotatable bonds is 2. The number of aromatic nitrogens is 3. The van der Waals surface area contributed by atoms with Crippen LogP contribution in [0.5, 0.6) is 0 Å². The number of anilines is 1. The molecule has 1 aliphatic heterocycles. The summed E-state index contributed by atoms with van der Waals surface area (Å²) >= 11 is 0. The Kier molecular flexibility index (Phi) is 2.89. The number of nitrogen functional groups attached to an aromatic ring is 1. The second-order valence-electron chi connectivity index (χ2n) is 5.24. The van der Waals surface area contributed by atoms with Crippen molar-refractivity contribution in [3.05, 3.63) is 23.9 Å². The first-order chi connectivity index (χ1) is 9.45. The summed E-state index contributed by atoms with van der Waals surface area (Å²) in [6, 6.07) is 1.22. The maximum Gasteiger partial charge on any atom is 0.154 e. The van der Waals surface area contributed by atoms with Crippen LogP contribution in [0.1, 0.15) is 25.1 Å². The monoisotopic (exact) mass is 282 g/mol. The molecule has 0 aliphatic carbocycles. The Labute approximate surface area is 113 Å². The second kappa shape index (κ2) is 4.37. The van der Waals surface area contributed by atoms with E-state index in [9.17, 15) is 14.6 Å². The molecule has 3 atom stereocenters. The van der Waals surface area contributed by atoms with E-state index in [1.165, 1.54) is 16.9 Å². The summed E-state index contributed by atoms with van der Waals surface area (Å²) in [7, 11) is 0. The Bertz CT molecular complexity index is 661. The summed E-state index contributed by atoms with van der Waals surface area (Å²) in [6.07, 6.45) is -0.180. The highest BCUT2D eigenvalue weighted by Gasteiger charge is 2.44. The number of hydrogen-bond donors (Lipinski definition) is 3. The van der Waals surface area contributed by atoms with Gasteiger partial charge in [-0.15, -0.1) is 0 Å². The van der Waals surface area contributed by atoms with Crippen molar-refractivity contribution in [3.8, 4) is 0 Å². The van der Waals surface area contributed by atoms with Gasteiger partial charge in [0.05, 0.1) is 24.0 Å². The molecule has 0 spiro atoms. The fourth-order valence-corrected chi connectivity index (χ4v) is 2.59. The van der Waals surface area contributed by atoms with Crippen LogP contribution < -0.4 is 5.73 Å². The van der Waals surface area contributed by atoms with E-state index in [2.05, 4.69) is 10.1 Å². The lowest BCUT2D eigenvalue weighted by atomic mass is 10.0. The topological polar surface area (TPSA) is 106 Å². The van der Waals surface area contributed by atoms with Gasteiger partial charge in [0, 0.05) is 12.5 Å². The minimum Gasteiger partial charge on any atom is -0.393 e. The zero-order valence-corrected chi connectivity index (χ0v) is 10.8. The molecule has 2 aromatic rings. The van der Waals surface area contributed by atoms with E-state index < -0.39 is 23.6 Å².